The van der Waals surface area contributed by atoms with Crippen molar-refractivity contribution in [1.29, 1.82) is 0 Å². The molecule has 1 aliphatic heterocycles. The summed E-state index contributed by atoms with van der Waals surface area (Å²) in [5.41, 5.74) is 5.97. The molecule has 0 atom stereocenters. The number of pyridine rings is 1. The van der Waals surface area contributed by atoms with Crippen molar-refractivity contribution in [2.24, 2.45) is 0 Å². The molecule has 6 heteroatoms. The highest BCUT2D eigenvalue weighted by molar-refractivity contribution is 5.79. The van der Waals surface area contributed by atoms with Gasteiger partial charge < -0.3 is 9.72 Å². The average molecular weight is 341 g/mol. The minimum atomic E-state index is 0.556. The second-order valence-corrected chi connectivity index (χ2v) is 6.07. The van der Waals surface area contributed by atoms with Crippen LogP contribution in [0, 0.1) is 0 Å². The Hall–Kier alpha value is -3.38. The summed E-state index contributed by atoms with van der Waals surface area (Å²) in [6.07, 6.45) is 5.19. The van der Waals surface area contributed by atoms with E-state index in [-0.39, 0.29) is 0 Å². The van der Waals surface area contributed by atoms with Crippen molar-refractivity contribution >= 4 is 0 Å². The minimum Gasteiger partial charge on any atom is -0.372 e. The Morgan fingerprint density at radius 1 is 0.846 bits per heavy atom. The Bertz CT molecular complexity index is 1060. The van der Waals surface area contributed by atoms with Crippen molar-refractivity contribution in [2.75, 3.05) is 0 Å². The number of aromatic nitrogens is 5. The van der Waals surface area contributed by atoms with Gasteiger partial charge in [-0.05, 0) is 35.4 Å². The fraction of sp³-hybridized carbons (Fsp3) is 0.100. The Morgan fingerprint density at radius 3 is 2.54 bits per heavy atom. The van der Waals surface area contributed by atoms with Crippen molar-refractivity contribution in [3.8, 4) is 34.3 Å². The fourth-order valence-corrected chi connectivity index (χ4v) is 3.12. The van der Waals surface area contributed by atoms with Crippen molar-refractivity contribution in [3.63, 3.8) is 0 Å². The number of hydrogen-bond acceptors (Lipinski definition) is 5. The number of imidazole rings is 1. The quantitative estimate of drug-likeness (QED) is 0.616. The van der Waals surface area contributed by atoms with Gasteiger partial charge in [0, 0.05) is 24.2 Å². The van der Waals surface area contributed by atoms with Crippen molar-refractivity contribution in [1.82, 2.24) is 24.9 Å². The number of nitrogens with zero attached hydrogens (tertiary/aromatic N) is 4. The third-order valence-electron chi connectivity index (χ3n) is 4.40. The van der Waals surface area contributed by atoms with Crippen LogP contribution in [0.1, 0.15) is 11.1 Å². The molecule has 4 aromatic rings. The van der Waals surface area contributed by atoms with Crippen LogP contribution < -0.4 is 0 Å². The van der Waals surface area contributed by atoms with E-state index in [1.54, 1.807) is 24.7 Å². The maximum Gasteiger partial charge on any atom is 0.195 e. The smallest absolute Gasteiger partial charge is 0.195 e. The molecular formula is C20H15N5O. The summed E-state index contributed by atoms with van der Waals surface area (Å²) < 4.78 is 5.53. The third kappa shape index (κ3) is 2.57. The first-order chi connectivity index (χ1) is 12.9. The Morgan fingerprint density at radius 2 is 1.69 bits per heavy atom. The zero-order valence-corrected chi connectivity index (χ0v) is 13.9. The summed E-state index contributed by atoms with van der Waals surface area (Å²) in [6, 6.07) is 13.9. The number of rotatable bonds is 3. The predicted octanol–water partition coefficient (Wildman–Crippen LogP) is 3.63. The number of aromatic amines is 1. The van der Waals surface area contributed by atoms with E-state index in [2.05, 4.69) is 38.1 Å². The normalized spacial score (nSPS) is 12.9. The van der Waals surface area contributed by atoms with Crippen LogP contribution in [0.15, 0.2) is 61.1 Å². The van der Waals surface area contributed by atoms with Gasteiger partial charge in [-0.3, -0.25) is 4.98 Å². The van der Waals surface area contributed by atoms with E-state index >= 15 is 0 Å². The van der Waals surface area contributed by atoms with Crippen molar-refractivity contribution < 1.29 is 4.74 Å². The lowest BCUT2D eigenvalue weighted by atomic mass is 10.0. The topological polar surface area (TPSA) is 76.6 Å². The van der Waals surface area contributed by atoms with Gasteiger partial charge in [0.25, 0.3) is 0 Å². The van der Waals surface area contributed by atoms with E-state index in [1.165, 1.54) is 11.1 Å². The lowest BCUT2D eigenvalue weighted by Crippen LogP contribution is -1.89. The Labute approximate surface area is 150 Å². The molecule has 1 aromatic carbocycles. The zero-order valence-electron chi connectivity index (χ0n) is 13.9. The SMILES string of the molecule is c1ccc(-c2[nH]c(-c3ncccn3)nc2-c2ccc3c(c2)COC3)nc1. The molecule has 5 rings (SSSR count). The van der Waals surface area contributed by atoms with Crippen molar-refractivity contribution in [3.05, 3.63) is 72.2 Å². The molecule has 126 valence electrons. The number of ether oxygens (including phenoxy) is 1. The molecule has 0 amide bonds. The maximum atomic E-state index is 5.53. The number of nitrogens with one attached hydrogen (secondary N) is 1. The highest BCUT2D eigenvalue weighted by Crippen LogP contribution is 2.33. The summed E-state index contributed by atoms with van der Waals surface area (Å²) in [5, 5.41) is 0. The molecule has 6 nitrogen and oxygen atoms in total. The molecule has 4 heterocycles. The van der Waals surface area contributed by atoms with Crippen molar-refractivity contribution in [2.45, 2.75) is 13.2 Å². The summed E-state index contributed by atoms with van der Waals surface area (Å²) in [6.45, 7) is 1.31. The fourth-order valence-electron chi connectivity index (χ4n) is 3.12. The molecule has 0 saturated carbocycles. The third-order valence-corrected chi connectivity index (χ3v) is 4.40. The summed E-state index contributed by atoms with van der Waals surface area (Å²) in [7, 11) is 0. The predicted molar refractivity (Wildman–Crippen MR) is 96.8 cm³/mol. The highest BCUT2D eigenvalue weighted by atomic mass is 16.5. The van der Waals surface area contributed by atoms with E-state index in [4.69, 9.17) is 9.72 Å². The summed E-state index contributed by atoms with van der Waals surface area (Å²) >= 11 is 0. The number of hydrogen-bond donors (Lipinski definition) is 1. The lowest BCUT2D eigenvalue weighted by molar-refractivity contribution is 0.134. The van der Waals surface area contributed by atoms with E-state index < -0.39 is 0 Å². The molecule has 0 fully saturated rings. The summed E-state index contributed by atoms with van der Waals surface area (Å²) in [5.74, 6) is 1.18. The minimum absolute atomic E-state index is 0.556. The number of benzene rings is 1. The van der Waals surface area contributed by atoms with Crippen LogP contribution in [0.25, 0.3) is 34.3 Å². The molecule has 0 bridgehead atoms. The van der Waals surface area contributed by atoms with Crippen LogP contribution in [-0.4, -0.2) is 24.9 Å². The molecule has 0 spiro atoms. The van der Waals surface area contributed by atoms with Gasteiger partial charge in [0.1, 0.15) is 0 Å². The Balaban J connectivity index is 1.69. The van der Waals surface area contributed by atoms with Crippen LogP contribution >= 0.6 is 0 Å². The van der Waals surface area contributed by atoms with E-state index in [0.717, 1.165) is 22.6 Å². The molecule has 26 heavy (non-hydrogen) atoms. The summed E-state index contributed by atoms with van der Waals surface area (Å²) in [4.78, 5) is 21.2. The lowest BCUT2D eigenvalue weighted by Gasteiger charge is -2.04. The first-order valence-electron chi connectivity index (χ1n) is 8.37. The van der Waals surface area contributed by atoms with Gasteiger partial charge in [0.15, 0.2) is 11.6 Å². The molecule has 0 aliphatic carbocycles. The molecule has 1 N–H and O–H groups in total. The van der Waals surface area contributed by atoms with Gasteiger partial charge in [-0.2, -0.15) is 0 Å². The largest absolute Gasteiger partial charge is 0.372 e. The monoisotopic (exact) mass is 341 g/mol. The molecule has 0 unspecified atom stereocenters. The molecular weight excluding hydrogens is 326 g/mol. The average Bonchev–Trinajstić information content (AvgIpc) is 3.36. The van der Waals surface area contributed by atoms with E-state index in [0.29, 0.717) is 24.9 Å². The number of fused-ring (bicyclic) bond motifs is 1. The van der Waals surface area contributed by atoms with E-state index in [9.17, 15) is 0 Å². The number of H-pyrrole nitrogens is 1. The van der Waals surface area contributed by atoms with Gasteiger partial charge in [-0.25, -0.2) is 15.0 Å². The van der Waals surface area contributed by atoms with Crippen LogP contribution in [0.4, 0.5) is 0 Å². The van der Waals surface area contributed by atoms with Crippen LogP contribution in [0.3, 0.4) is 0 Å². The van der Waals surface area contributed by atoms with Gasteiger partial charge >= 0.3 is 0 Å². The second-order valence-electron chi connectivity index (χ2n) is 6.07. The van der Waals surface area contributed by atoms with Crippen LogP contribution in [0.2, 0.25) is 0 Å². The zero-order chi connectivity index (χ0) is 17.3. The molecule has 1 aliphatic rings. The first-order valence-corrected chi connectivity index (χ1v) is 8.37. The molecule has 3 aromatic heterocycles. The highest BCUT2D eigenvalue weighted by Gasteiger charge is 2.19. The van der Waals surface area contributed by atoms with Crippen LogP contribution in [0.5, 0.6) is 0 Å². The first kappa shape index (κ1) is 14.9. The van der Waals surface area contributed by atoms with E-state index in [1.807, 2.05) is 18.2 Å². The van der Waals surface area contributed by atoms with Gasteiger partial charge in [0.05, 0.1) is 30.3 Å². The Kier molecular flexibility index (Phi) is 3.54. The van der Waals surface area contributed by atoms with Gasteiger partial charge in [-0.15, -0.1) is 0 Å². The second kappa shape index (κ2) is 6.16. The van der Waals surface area contributed by atoms with Gasteiger partial charge in [0.2, 0.25) is 0 Å². The molecule has 0 saturated heterocycles. The van der Waals surface area contributed by atoms with Crippen LogP contribution in [-0.2, 0) is 18.0 Å². The maximum absolute atomic E-state index is 5.53. The standard InChI is InChI=1S/C20H15N5O/c1-2-7-21-16(4-1)18-17(13-5-6-14-11-26-12-15(14)10-13)24-20(25-18)19-22-8-3-9-23-19/h1-10H,11-12H2,(H,24,25). The molecule has 0 radical (unpaired) electrons. The van der Waals surface area contributed by atoms with Gasteiger partial charge in [-0.1, -0.05) is 18.2 Å².